The predicted octanol–water partition coefficient (Wildman–Crippen LogP) is 5.51. The van der Waals surface area contributed by atoms with Crippen LogP contribution in [0.4, 0.5) is 30.7 Å². The van der Waals surface area contributed by atoms with E-state index in [9.17, 15) is 30.7 Å². The summed E-state index contributed by atoms with van der Waals surface area (Å²) < 4.78 is 93.6. The highest BCUT2D eigenvalue weighted by Crippen LogP contribution is 2.50. The molecule has 9 heteroatoms. The van der Waals surface area contributed by atoms with Gasteiger partial charge in [-0.15, -0.1) is 0 Å². The lowest BCUT2D eigenvalue weighted by Gasteiger charge is -2.33. The summed E-state index contributed by atoms with van der Waals surface area (Å²) in [6.07, 6.45) is -12.1. The van der Waals surface area contributed by atoms with E-state index in [0.29, 0.717) is 6.07 Å². The lowest BCUT2D eigenvalue weighted by atomic mass is 9.90. The van der Waals surface area contributed by atoms with Crippen LogP contribution in [0, 0.1) is 12.7 Å². The standard InChI is InChI=1S/C11H9F7O2.2C2H6/c1-5-3-6(4-7(12)8(5)20-2)9(19,10(13,14)15)11(16,17)18;2*1-2/h3-4,19H,1-2H3;2*1-2H3. The van der Waals surface area contributed by atoms with Crippen molar-refractivity contribution >= 4 is 0 Å². The number of alkyl halides is 6. The average Bonchev–Trinajstić information content (AvgIpc) is 2.47. The molecule has 0 saturated heterocycles. The summed E-state index contributed by atoms with van der Waals surface area (Å²) in [5, 5.41) is 9.11. The first kappa shape index (κ1) is 24.7. The largest absolute Gasteiger partial charge is 0.493 e. The molecule has 0 spiro atoms. The molecule has 1 N–H and O–H groups in total. The maximum Gasteiger partial charge on any atom is 0.430 e. The minimum atomic E-state index is -6.06. The number of benzene rings is 1. The average molecular weight is 366 g/mol. The monoisotopic (exact) mass is 366 g/mol. The zero-order valence-corrected chi connectivity index (χ0v) is 14.2. The van der Waals surface area contributed by atoms with Gasteiger partial charge >= 0.3 is 12.4 Å². The van der Waals surface area contributed by atoms with Crippen molar-refractivity contribution < 1.29 is 40.6 Å². The molecule has 2 nitrogen and oxygen atoms in total. The maximum atomic E-state index is 13.4. The van der Waals surface area contributed by atoms with Crippen molar-refractivity contribution in [2.45, 2.75) is 52.6 Å². The summed E-state index contributed by atoms with van der Waals surface area (Å²) in [5.41, 5.74) is -7.12. The van der Waals surface area contributed by atoms with Crippen LogP contribution in [0.2, 0.25) is 0 Å². The lowest BCUT2D eigenvalue weighted by molar-refractivity contribution is -0.376. The van der Waals surface area contributed by atoms with Crippen molar-refractivity contribution in [1.29, 1.82) is 0 Å². The van der Waals surface area contributed by atoms with Crippen LogP contribution in [0.1, 0.15) is 38.8 Å². The second-order valence-electron chi connectivity index (χ2n) is 4.01. The van der Waals surface area contributed by atoms with Gasteiger partial charge in [-0.2, -0.15) is 26.3 Å². The van der Waals surface area contributed by atoms with Crippen molar-refractivity contribution in [3.05, 3.63) is 29.1 Å². The van der Waals surface area contributed by atoms with Gasteiger partial charge in [0.2, 0.25) is 0 Å². The Bertz CT molecular complexity index is 471. The second-order valence-corrected chi connectivity index (χ2v) is 4.01. The summed E-state index contributed by atoms with van der Waals surface area (Å²) in [4.78, 5) is 0. The van der Waals surface area contributed by atoms with Crippen molar-refractivity contribution in [1.82, 2.24) is 0 Å². The van der Waals surface area contributed by atoms with Gasteiger partial charge in [0.05, 0.1) is 7.11 Å². The number of hydrogen-bond acceptors (Lipinski definition) is 2. The third kappa shape index (κ3) is 4.75. The van der Waals surface area contributed by atoms with Gasteiger partial charge in [0.1, 0.15) is 0 Å². The summed E-state index contributed by atoms with van der Waals surface area (Å²) in [5.74, 6) is -1.94. The SMILES string of the molecule is CC.CC.COc1c(C)cc(C(O)(C(F)(F)F)C(F)(F)F)cc1F. The molecule has 0 saturated carbocycles. The molecule has 0 aliphatic heterocycles. The topological polar surface area (TPSA) is 29.5 Å². The van der Waals surface area contributed by atoms with Crippen molar-refractivity contribution in [2.75, 3.05) is 7.11 Å². The molecular formula is C15H21F7O2. The molecule has 0 bridgehead atoms. The number of aliphatic hydroxyl groups is 1. The molecule has 24 heavy (non-hydrogen) atoms. The van der Waals surface area contributed by atoms with Crippen LogP contribution >= 0.6 is 0 Å². The third-order valence-corrected chi connectivity index (χ3v) is 2.67. The van der Waals surface area contributed by atoms with E-state index in [0.717, 1.165) is 14.0 Å². The van der Waals surface area contributed by atoms with E-state index in [4.69, 9.17) is 5.11 Å². The molecule has 0 aromatic heterocycles. The zero-order chi connectivity index (χ0) is 19.9. The van der Waals surface area contributed by atoms with Crippen LogP contribution in [0.15, 0.2) is 12.1 Å². The van der Waals surface area contributed by atoms with Crippen LogP contribution < -0.4 is 4.74 Å². The van der Waals surface area contributed by atoms with Crippen molar-refractivity contribution in [3.8, 4) is 5.75 Å². The minimum Gasteiger partial charge on any atom is -0.493 e. The maximum absolute atomic E-state index is 13.4. The van der Waals surface area contributed by atoms with Gasteiger partial charge in [0.25, 0.3) is 5.60 Å². The van der Waals surface area contributed by atoms with E-state index in [-0.39, 0.29) is 11.6 Å². The van der Waals surface area contributed by atoms with Crippen LogP contribution in [-0.2, 0) is 5.60 Å². The second kappa shape index (κ2) is 9.10. The van der Waals surface area contributed by atoms with E-state index >= 15 is 0 Å². The van der Waals surface area contributed by atoms with Gasteiger partial charge in [0.15, 0.2) is 11.6 Å². The third-order valence-electron chi connectivity index (χ3n) is 2.67. The summed E-state index contributed by atoms with van der Waals surface area (Å²) in [6, 6.07) is 0.329. The highest BCUT2D eigenvalue weighted by Gasteiger charge is 2.71. The Morgan fingerprint density at radius 3 is 1.50 bits per heavy atom. The molecule has 0 amide bonds. The van der Waals surface area contributed by atoms with Crippen LogP contribution in [-0.4, -0.2) is 24.6 Å². The lowest BCUT2D eigenvalue weighted by Crippen LogP contribution is -2.54. The number of methoxy groups -OCH3 is 1. The molecule has 0 heterocycles. The molecule has 0 aliphatic rings. The number of rotatable bonds is 2. The van der Waals surface area contributed by atoms with E-state index < -0.39 is 35.1 Å². The summed E-state index contributed by atoms with van der Waals surface area (Å²) in [6.45, 7) is 9.05. The van der Waals surface area contributed by atoms with E-state index in [1.165, 1.54) is 0 Å². The van der Waals surface area contributed by atoms with Gasteiger partial charge in [-0.05, 0) is 24.6 Å². The Morgan fingerprint density at radius 2 is 1.25 bits per heavy atom. The molecule has 1 aromatic rings. The van der Waals surface area contributed by atoms with Crippen molar-refractivity contribution in [2.24, 2.45) is 0 Å². The Balaban J connectivity index is 0. The molecule has 1 aromatic carbocycles. The molecular weight excluding hydrogens is 345 g/mol. The Hall–Kier alpha value is -1.51. The Kier molecular flexibility index (Phi) is 9.38. The summed E-state index contributed by atoms with van der Waals surface area (Å²) >= 11 is 0. The van der Waals surface area contributed by atoms with Crippen LogP contribution in [0.3, 0.4) is 0 Å². The van der Waals surface area contributed by atoms with Crippen LogP contribution in [0.5, 0.6) is 5.75 Å². The van der Waals surface area contributed by atoms with E-state index in [2.05, 4.69) is 4.74 Å². The molecule has 0 aliphatic carbocycles. The van der Waals surface area contributed by atoms with E-state index in [1.54, 1.807) is 0 Å². The minimum absolute atomic E-state index is 0.0488. The van der Waals surface area contributed by atoms with Crippen molar-refractivity contribution in [3.63, 3.8) is 0 Å². The van der Waals surface area contributed by atoms with Gasteiger partial charge < -0.3 is 9.84 Å². The number of hydrogen-bond donors (Lipinski definition) is 1. The number of halogens is 7. The summed E-state index contributed by atoms with van der Waals surface area (Å²) in [7, 11) is 1.00. The first-order chi connectivity index (χ1) is 10.9. The molecule has 142 valence electrons. The predicted molar refractivity (Wildman–Crippen MR) is 76.4 cm³/mol. The quantitative estimate of drug-likeness (QED) is 0.700. The molecule has 0 fully saturated rings. The highest BCUT2D eigenvalue weighted by molar-refractivity contribution is 5.41. The number of ether oxygens (including phenoxy) is 1. The fourth-order valence-corrected chi connectivity index (χ4v) is 1.69. The Morgan fingerprint density at radius 1 is 0.875 bits per heavy atom. The van der Waals surface area contributed by atoms with Gasteiger partial charge in [-0.1, -0.05) is 27.7 Å². The number of aryl methyl sites for hydroxylation is 1. The molecule has 1 rings (SSSR count). The molecule has 0 atom stereocenters. The Labute approximate surface area is 136 Å². The molecule has 0 radical (unpaired) electrons. The fourth-order valence-electron chi connectivity index (χ4n) is 1.69. The smallest absolute Gasteiger partial charge is 0.430 e. The van der Waals surface area contributed by atoms with E-state index in [1.807, 2.05) is 27.7 Å². The van der Waals surface area contributed by atoms with Gasteiger partial charge in [-0.25, -0.2) is 4.39 Å². The first-order valence-corrected chi connectivity index (χ1v) is 7.06. The molecule has 0 unspecified atom stereocenters. The van der Waals surface area contributed by atoms with Gasteiger partial charge in [-0.3, -0.25) is 0 Å². The van der Waals surface area contributed by atoms with Crippen LogP contribution in [0.25, 0.3) is 0 Å². The zero-order valence-electron chi connectivity index (χ0n) is 14.2. The van der Waals surface area contributed by atoms with Gasteiger partial charge in [0, 0.05) is 5.56 Å². The normalized spacial score (nSPS) is 11.8. The highest BCUT2D eigenvalue weighted by atomic mass is 19.4. The first-order valence-electron chi connectivity index (χ1n) is 7.06. The fraction of sp³-hybridized carbons (Fsp3) is 0.600.